The van der Waals surface area contributed by atoms with E-state index in [4.69, 9.17) is 17.3 Å². The first kappa shape index (κ1) is 17.4. The van der Waals surface area contributed by atoms with Gasteiger partial charge in [-0.2, -0.15) is 13.2 Å². The highest BCUT2D eigenvalue weighted by atomic mass is 35.5. The number of rotatable bonds is 2. The highest BCUT2D eigenvalue weighted by Gasteiger charge is 2.31. The van der Waals surface area contributed by atoms with Crippen molar-refractivity contribution in [2.75, 3.05) is 5.73 Å². The lowest BCUT2D eigenvalue weighted by atomic mass is 10.1. The molecule has 2 aromatic heterocycles. The summed E-state index contributed by atoms with van der Waals surface area (Å²) in [6.45, 7) is 0. The number of nitrogens with two attached hydrogens (primary N) is 1. The van der Waals surface area contributed by atoms with Crippen molar-refractivity contribution in [3.63, 3.8) is 0 Å². The molecule has 0 aliphatic heterocycles. The zero-order valence-electron chi connectivity index (χ0n) is 13.7. The smallest absolute Gasteiger partial charge is 0.397 e. The summed E-state index contributed by atoms with van der Waals surface area (Å²) in [6, 6.07) is 12.6. The van der Waals surface area contributed by atoms with Crippen molar-refractivity contribution in [1.29, 1.82) is 0 Å². The van der Waals surface area contributed by atoms with Crippen LogP contribution in [-0.2, 0) is 6.18 Å². The second kappa shape index (κ2) is 6.28. The number of alkyl halides is 3. The molecule has 136 valence electrons. The molecule has 0 bridgehead atoms. The Balaban J connectivity index is 1.74. The van der Waals surface area contributed by atoms with Crippen molar-refractivity contribution in [1.82, 2.24) is 15.0 Å². The molecule has 4 rings (SSSR count). The third-order valence-corrected chi connectivity index (χ3v) is 4.44. The first-order chi connectivity index (χ1) is 12.8. The quantitative estimate of drug-likeness (QED) is 0.442. The normalized spacial score (nSPS) is 11.9. The van der Waals surface area contributed by atoms with Crippen LogP contribution in [0.2, 0.25) is 5.02 Å². The second-order valence-corrected chi connectivity index (χ2v) is 6.36. The van der Waals surface area contributed by atoms with Crippen LogP contribution >= 0.6 is 11.6 Å². The number of benzene rings is 2. The topological polar surface area (TPSA) is 67.6 Å². The highest BCUT2D eigenvalue weighted by Crippen LogP contribution is 2.35. The second-order valence-electron chi connectivity index (χ2n) is 5.96. The fourth-order valence-electron chi connectivity index (χ4n) is 2.83. The average Bonchev–Trinajstić information content (AvgIpc) is 3.06. The molecule has 0 aliphatic rings. The number of nitrogens with zero attached hydrogens (tertiary/aromatic N) is 2. The maximum Gasteiger partial charge on any atom is 0.416 e. The lowest BCUT2D eigenvalue weighted by Crippen LogP contribution is -2.05. The Morgan fingerprint density at radius 1 is 1.00 bits per heavy atom. The van der Waals surface area contributed by atoms with Gasteiger partial charge in [-0.25, -0.2) is 4.98 Å². The number of halogens is 4. The van der Waals surface area contributed by atoms with Crippen LogP contribution in [0.15, 0.2) is 54.7 Å². The molecule has 2 aromatic carbocycles. The van der Waals surface area contributed by atoms with Crippen LogP contribution in [0.3, 0.4) is 0 Å². The summed E-state index contributed by atoms with van der Waals surface area (Å²) < 4.78 is 38.9. The van der Waals surface area contributed by atoms with E-state index in [0.29, 0.717) is 27.6 Å². The number of fused-ring (bicyclic) bond motifs is 1. The Morgan fingerprint density at radius 3 is 2.37 bits per heavy atom. The van der Waals surface area contributed by atoms with E-state index in [0.717, 1.165) is 17.7 Å². The van der Waals surface area contributed by atoms with Gasteiger partial charge in [0.15, 0.2) is 0 Å². The standard InChI is InChI=1S/C19H12ClF3N4/c20-13-2-1-7-25-16(13)10-3-5-11(6-4-10)18-26-15-9-12(19(21,22)23)8-14(24)17(15)27-18/h1-9H,24H2,(H,26,27). The summed E-state index contributed by atoms with van der Waals surface area (Å²) >= 11 is 6.15. The van der Waals surface area contributed by atoms with Crippen molar-refractivity contribution >= 4 is 28.3 Å². The maximum absolute atomic E-state index is 13.0. The summed E-state index contributed by atoms with van der Waals surface area (Å²) in [5, 5.41) is 0.529. The fraction of sp³-hybridized carbons (Fsp3) is 0.0526. The molecule has 0 radical (unpaired) electrons. The van der Waals surface area contributed by atoms with Crippen LogP contribution in [-0.4, -0.2) is 15.0 Å². The maximum atomic E-state index is 13.0. The highest BCUT2D eigenvalue weighted by molar-refractivity contribution is 6.33. The third kappa shape index (κ3) is 3.21. The molecule has 3 N–H and O–H groups in total. The molecule has 4 aromatic rings. The molecular weight excluding hydrogens is 377 g/mol. The number of aromatic nitrogens is 3. The SMILES string of the molecule is Nc1cc(C(F)(F)F)cc2[nH]c(-c3ccc(-c4ncccc4Cl)cc3)nc12. The lowest BCUT2D eigenvalue weighted by Gasteiger charge is -2.07. The number of pyridine rings is 1. The van der Waals surface area contributed by atoms with Gasteiger partial charge < -0.3 is 10.7 Å². The minimum Gasteiger partial charge on any atom is -0.397 e. The van der Waals surface area contributed by atoms with Gasteiger partial charge in [-0.3, -0.25) is 4.98 Å². The van der Waals surface area contributed by atoms with Crippen LogP contribution in [0.25, 0.3) is 33.7 Å². The Kier molecular flexibility index (Phi) is 4.04. The molecule has 0 atom stereocenters. The summed E-state index contributed by atoms with van der Waals surface area (Å²) in [7, 11) is 0. The van der Waals surface area contributed by atoms with E-state index in [1.54, 1.807) is 30.5 Å². The number of anilines is 1. The van der Waals surface area contributed by atoms with Crippen molar-refractivity contribution in [3.8, 4) is 22.6 Å². The van der Waals surface area contributed by atoms with E-state index >= 15 is 0 Å². The molecule has 0 saturated heterocycles. The monoisotopic (exact) mass is 388 g/mol. The number of H-pyrrole nitrogens is 1. The predicted octanol–water partition coefficient (Wildman–Crippen LogP) is 5.55. The molecule has 0 saturated carbocycles. The minimum atomic E-state index is -4.48. The first-order valence-corrected chi connectivity index (χ1v) is 8.28. The summed E-state index contributed by atoms with van der Waals surface area (Å²) in [5.41, 5.74) is 7.61. The van der Waals surface area contributed by atoms with Gasteiger partial charge in [-0.05, 0) is 24.3 Å². The molecule has 8 heteroatoms. The molecule has 0 unspecified atom stereocenters. The molecule has 2 heterocycles. The molecule has 27 heavy (non-hydrogen) atoms. The zero-order valence-corrected chi connectivity index (χ0v) is 14.4. The van der Waals surface area contributed by atoms with Crippen molar-refractivity contribution in [2.24, 2.45) is 0 Å². The van der Waals surface area contributed by atoms with Gasteiger partial charge >= 0.3 is 6.18 Å². The Labute approximate surface area is 156 Å². The van der Waals surface area contributed by atoms with Crippen molar-refractivity contribution in [2.45, 2.75) is 6.18 Å². The molecule has 0 amide bonds. The molecule has 0 fully saturated rings. The van der Waals surface area contributed by atoms with Gasteiger partial charge in [0.2, 0.25) is 0 Å². The minimum absolute atomic E-state index is 0.0285. The van der Waals surface area contributed by atoms with Gasteiger partial charge in [0.25, 0.3) is 0 Å². The number of nitrogens with one attached hydrogen (secondary N) is 1. The van der Waals surface area contributed by atoms with Crippen LogP contribution < -0.4 is 5.73 Å². The molecule has 0 aliphatic carbocycles. The Bertz CT molecular complexity index is 1130. The van der Waals surface area contributed by atoms with Gasteiger partial charge in [0, 0.05) is 17.3 Å². The van der Waals surface area contributed by atoms with E-state index in [1.165, 1.54) is 0 Å². The van der Waals surface area contributed by atoms with Gasteiger partial charge in [0.05, 0.1) is 27.5 Å². The van der Waals surface area contributed by atoms with E-state index in [2.05, 4.69) is 15.0 Å². The number of hydrogen-bond acceptors (Lipinski definition) is 3. The van der Waals surface area contributed by atoms with Gasteiger partial charge in [-0.15, -0.1) is 0 Å². The van der Waals surface area contributed by atoms with Crippen LogP contribution in [0.1, 0.15) is 5.56 Å². The summed E-state index contributed by atoms with van der Waals surface area (Å²) in [4.78, 5) is 11.5. The summed E-state index contributed by atoms with van der Waals surface area (Å²) in [5.74, 6) is 0.426. The van der Waals surface area contributed by atoms with Gasteiger partial charge in [-0.1, -0.05) is 35.9 Å². The number of aromatic amines is 1. The fourth-order valence-corrected chi connectivity index (χ4v) is 3.06. The number of hydrogen-bond donors (Lipinski definition) is 2. The number of nitrogen functional groups attached to an aromatic ring is 1. The van der Waals surface area contributed by atoms with Gasteiger partial charge in [0.1, 0.15) is 11.3 Å². The average molecular weight is 389 g/mol. The van der Waals surface area contributed by atoms with E-state index in [-0.39, 0.29) is 11.2 Å². The van der Waals surface area contributed by atoms with Crippen LogP contribution in [0.5, 0.6) is 0 Å². The molecule has 4 nitrogen and oxygen atoms in total. The number of imidazole rings is 1. The Morgan fingerprint density at radius 2 is 1.70 bits per heavy atom. The van der Waals surface area contributed by atoms with E-state index in [1.807, 2.05) is 12.1 Å². The van der Waals surface area contributed by atoms with Crippen molar-refractivity contribution in [3.05, 3.63) is 65.3 Å². The largest absolute Gasteiger partial charge is 0.416 e. The van der Waals surface area contributed by atoms with Crippen molar-refractivity contribution < 1.29 is 13.2 Å². The first-order valence-electron chi connectivity index (χ1n) is 7.91. The molecule has 0 spiro atoms. The molecular formula is C19H12ClF3N4. The van der Waals surface area contributed by atoms with Crippen LogP contribution in [0.4, 0.5) is 18.9 Å². The Hall–Kier alpha value is -3.06. The van der Waals surface area contributed by atoms with E-state index < -0.39 is 11.7 Å². The van der Waals surface area contributed by atoms with Crippen LogP contribution in [0, 0.1) is 0 Å². The predicted molar refractivity (Wildman–Crippen MR) is 99.2 cm³/mol. The summed E-state index contributed by atoms with van der Waals surface area (Å²) in [6.07, 6.45) is -2.83. The lowest BCUT2D eigenvalue weighted by molar-refractivity contribution is -0.137. The van der Waals surface area contributed by atoms with E-state index in [9.17, 15) is 13.2 Å². The third-order valence-electron chi connectivity index (χ3n) is 4.13. The zero-order chi connectivity index (χ0) is 19.2.